The average Bonchev–Trinajstić information content (AvgIpc) is 0.808. The third-order valence-electron chi connectivity index (χ3n) is 15.5. The number of amides is 7. The fourth-order valence-corrected chi connectivity index (χ4v) is 11.2. The summed E-state index contributed by atoms with van der Waals surface area (Å²) < 4.78 is 18.5. The van der Waals surface area contributed by atoms with Gasteiger partial charge in [-0.3, -0.25) is 38.5 Å². The molecule has 30 heteroatoms. The molecule has 7 amide bonds. The molecular weight excluding hydrogens is 1270 g/mol. The number of hydrogen-bond acceptors (Lipinski definition) is 21. The van der Waals surface area contributed by atoms with Crippen molar-refractivity contribution in [3.05, 3.63) is 176 Å². The largest absolute Gasteiger partial charge is 0.508 e. The number of aromatic hydroxyl groups is 6. The molecule has 7 aromatic rings. The first-order valence-corrected chi connectivity index (χ1v) is 29.8. The molecule has 20 N–H and O–H groups in total. The third-order valence-corrected chi connectivity index (χ3v) is 16.1. The first-order valence-electron chi connectivity index (χ1n) is 29.1. The van der Waals surface area contributed by atoms with Crippen molar-refractivity contribution in [3.8, 4) is 69.0 Å². The predicted molar refractivity (Wildman–Crippen MR) is 336 cm³/mol. The molecule has 490 valence electrons. The fourth-order valence-electron chi connectivity index (χ4n) is 10.8. The zero-order chi connectivity index (χ0) is 67.2. The van der Waals surface area contributed by atoms with Crippen LogP contribution in [0.1, 0.15) is 75.3 Å². The Morgan fingerprint density at radius 2 is 1.10 bits per heavy atom. The van der Waals surface area contributed by atoms with E-state index in [1.54, 1.807) is 0 Å². The molecule has 7 aromatic carbocycles. The van der Waals surface area contributed by atoms with Gasteiger partial charge in [0.25, 0.3) is 0 Å². The van der Waals surface area contributed by atoms with Gasteiger partial charge in [-0.2, -0.15) is 0 Å². The van der Waals surface area contributed by atoms with Crippen molar-refractivity contribution in [1.82, 2.24) is 42.1 Å². The van der Waals surface area contributed by atoms with Crippen molar-refractivity contribution in [1.29, 1.82) is 0 Å². The first-order chi connectivity index (χ1) is 44.9. The Labute approximate surface area is 544 Å². The second-order valence-electron chi connectivity index (χ2n) is 22.1. The quantitative estimate of drug-likeness (QED) is 0.0834. The van der Waals surface area contributed by atoms with E-state index in [0.717, 1.165) is 60.7 Å². The lowest BCUT2D eigenvalue weighted by atomic mass is 9.97. The van der Waals surface area contributed by atoms with E-state index in [2.05, 4.69) is 37.2 Å². The second kappa shape index (κ2) is 28.5. The van der Waals surface area contributed by atoms with E-state index in [0.29, 0.717) is 18.7 Å². The second-order valence-corrected chi connectivity index (χ2v) is 23.0. The highest BCUT2D eigenvalue weighted by Crippen LogP contribution is 2.47. The summed E-state index contributed by atoms with van der Waals surface area (Å²) in [7, 11) is 0. The van der Waals surface area contributed by atoms with E-state index in [-0.39, 0.29) is 105 Å². The Balaban J connectivity index is 1.12. The normalized spacial score (nSPS) is 20.0. The highest BCUT2D eigenvalue weighted by molar-refractivity contribution is 6.32. The van der Waals surface area contributed by atoms with Gasteiger partial charge in [0, 0.05) is 57.8 Å². The number of nitrogens with zero attached hydrogens (tertiary/aromatic N) is 1. The van der Waals surface area contributed by atoms with E-state index in [1.165, 1.54) is 66.7 Å². The molecule has 8 atom stereocenters. The van der Waals surface area contributed by atoms with Gasteiger partial charge in [0.2, 0.25) is 47.1 Å². The molecule has 94 heavy (non-hydrogen) atoms. The zero-order valence-electron chi connectivity index (χ0n) is 49.3. The fraction of sp³-hybridized carbons (Fsp3) is 0.234. The average molecular weight is 1330 g/mol. The number of carbonyl (C=O) groups excluding carboxylic acids is 7. The van der Waals surface area contributed by atoms with Crippen molar-refractivity contribution >= 4 is 64.6 Å². The molecule has 13 bridgehead atoms. The summed E-state index contributed by atoms with van der Waals surface area (Å²) in [5, 5.41) is 96.1. The van der Waals surface area contributed by atoms with Crippen LogP contribution in [-0.2, 0) is 40.0 Å². The van der Waals surface area contributed by atoms with Crippen LogP contribution in [0.15, 0.2) is 127 Å². The van der Waals surface area contributed by atoms with Crippen molar-refractivity contribution < 1.29 is 83.5 Å². The number of nitrogens with one attached hydrogen (secondary N) is 7. The Bertz CT molecular complexity index is 4080. The van der Waals surface area contributed by atoms with Gasteiger partial charge in [0.15, 0.2) is 23.0 Å². The Hall–Kier alpha value is -10.6. The SMILES string of the molecule is NCCN(CCN)CCNC(=O)[C@@H](NC(=O)[C@H]1NC(=O)[C@@H](c2ccc(O)cc2)NC(=O)[C@@H]2NC(=O)[C@H]3NC(=O)[C@@H](Cc4ccc(c(Cl)c4)Oc4cc2cc(c4O)Oc2ccc(cc2Cl)[C@H]1O)NC(=O)[C@H](N)c1ccc(O)c(c1)Oc1cc(O)cc3c1)c1cc(O)cc(O)c1. The molecule has 5 aliphatic heterocycles. The zero-order valence-corrected chi connectivity index (χ0v) is 50.9. The summed E-state index contributed by atoms with van der Waals surface area (Å²) in [6.07, 6.45) is -2.45. The van der Waals surface area contributed by atoms with Gasteiger partial charge >= 0.3 is 0 Å². The van der Waals surface area contributed by atoms with Crippen LogP contribution in [0.3, 0.4) is 0 Å². The summed E-state index contributed by atoms with van der Waals surface area (Å²) in [5.41, 5.74) is 17.5. The number of phenolic OH excluding ortho intramolecular Hbond substituents is 6. The van der Waals surface area contributed by atoms with Crippen molar-refractivity contribution in [2.24, 2.45) is 17.2 Å². The number of halogens is 2. The molecule has 0 saturated carbocycles. The van der Waals surface area contributed by atoms with Gasteiger partial charge in [-0.25, -0.2) is 0 Å². The van der Waals surface area contributed by atoms with Crippen molar-refractivity contribution in [3.63, 3.8) is 0 Å². The van der Waals surface area contributed by atoms with Crippen molar-refractivity contribution in [2.45, 2.75) is 54.8 Å². The molecular formula is C64H63Cl2N11O17. The predicted octanol–water partition coefficient (Wildman–Crippen LogP) is 3.26. The maximum Gasteiger partial charge on any atom is 0.248 e. The van der Waals surface area contributed by atoms with Crippen LogP contribution >= 0.6 is 23.2 Å². The smallest absolute Gasteiger partial charge is 0.248 e. The van der Waals surface area contributed by atoms with Crippen LogP contribution in [0.5, 0.6) is 69.0 Å². The molecule has 0 aliphatic carbocycles. The molecule has 0 spiro atoms. The van der Waals surface area contributed by atoms with Crippen LogP contribution in [0.25, 0.3) is 0 Å². The number of aliphatic hydroxyl groups is 1. The van der Waals surface area contributed by atoms with Crippen LogP contribution in [0.2, 0.25) is 10.0 Å². The number of carbonyl (C=O) groups is 7. The first kappa shape index (κ1) is 66.3. The number of ether oxygens (including phenoxy) is 3. The lowest BCUT2D eigenvalue weighted by Gasteiger charge is -2.30. The van der Waals surface area contributed by atoms with E-state index in [9.17, 15) is 50.1 Å². The van der Waals surface area contributed by atoms with Gasteiger partial charge in [-0.15, -0.1) is 0 Å². The number of aliphatic hydroxyl groups excluding tert-OH is 1. The minimum Gasteiger partial charge on any atom is -0.508 e. The summed E-state index contributed by atoms with van der Waals surface area (Å²) in [6.45, 7) is 1.59. The van der Waals surface area contributed by atoms with E-state index < -0.39 is 130 Å². The highest BCUT2D eigenvalue weighted by atomic mass is 35.5. The summed E-state index contributed by atoms with van der Waals surface area (Å²) in [6, 6.07) is 12.0. The maximum absolute atomic E-state index is 15.7. The number of hydrogen-bond donors (Lipinski definition) is 17. The van der Waals surface area contributed by atoms with Gasteiger partial charge < -0.3 is 104 Å². The molecule has 0 unspecified atom stereocenters. The summed E-state index contributed by atoms with van der Waals surface area (Å²) >= 11 is 13.8. The maximum atomic E-state index is 15.7. The molecule has 28 nitrogen and oxygen atoms in total. The molecule has 0 radical (unpaired) electrons. The van der Waals surface area contributed by atoms with Gasteiger partial charge in [-0.1, -0.05) is 53.5 Å². The van der Waals surface area contributed by atoms with Crippen LogP contribution in [-0.4, -0.2) is 133 Å². The standard InChI is InChI=1S/C64H63Cl2N11O17/c65-41-17-29-1-9-45(41)93-48-25-35-26-49(57(48)84)94-46-10-5-32(23-42(46)66)56(83)55(64(91)74-52(33-19-37(79)27-38(80)20-33)60(87)70-13-16-77(14-11-67)15-12-68)76-61(88)51(30-2-6-36(78)7-3-30)73-63(90)54(35)75-62(89)53-34-21-39(81)28-40(22-34)92-47-24-31(4-8-44(47)82)50(69)59(86)71-43(18-29)58(85)72-53/h1-10,17,19-28,43,50-56,78-84H,11-16,18,67-69H2,(H,70,87)(H,71,86)(H,72,85)(H,73,90)(H,74,91)(H,75,89)(H,76,88)/t43-,50-,51-,52+,53+,54-,55+,56-/m1/s1. The number of fused-ring (bicyclic) bond motifs is 15. The van der Waals surface area contributed by atoms with E-state index in [4.69, 9.17) is 54.6 Å². The summed E-state index contributed by atoms with van der Waals surface area (Å²) in [4.78, 5) is 107. The summed E-state index contributed by atoms with van der Waals surface area (Å²) in [5.74, 6) is -12.8. The Kier molecular flexibility index (Phi) is 20.1. The van der Waals surface area contributed by atoms with Gasteiger partial charge in [-0.05, 0) is 124 Å². The minimum atomic E-state index is -2.17. The molecule has 0 fully saturated rings. The monoisotopic (exact) mass is 1330 g/mol. The van der Waals surface area contributed by atoms with Gasteiger partial charge in [0.1, 0.15) is 88.6 Å². The lowest BCUT2D eigenvalue weighted by Crippen LogP contribution is -2.56. The van der Waals surface area contributed by atoms with Gasteiger partial charge in [0.05, 0.1) is 10.0 Å². The minimum absolute atomic E-state index is 0.0305. The molecule has 0 aromatic heterocycles. The number of phenols is 6. The molecule has 5 heterocycles. The number of rotatable bonds is 12. The topological polar surface area (TPSA) is 454 Å². The van der Waals surface area contributed by atoms with E-state index in [1.807, 2.05) is 4.90 Å². The molecule has 12 rings (SSSR count). The molecule has 0 saturated heterocycles. The van der Waals surface area contributed by atoms with Crippen LogP contribution in [0.4, 0.5) is 0 Å². The van der Waals surface area contributed by atoms with Crippen LogP contribution < -0.4 is 68.6 Å². The Morgan fingerprint density at radius 3 is 1.72 bits per heavy atom. The van der Waals surface area contributed by atoms with Crippen molar-refractivity contribution in [2.75, 3.05) is 39.3 Å². The molecule has 5 aliphatic rings. The highest BCUT2D eigenvalue weighted by Gasteiger charge is 2.40. The third kappa shape index (κ3) is 15.1. The lowest BCUT2D eigenvalue weighted by molar-refractivity contribution is -0.137. The van der Waals surface area contributed by atoms with Crippen LogP contribution in [0, 0.1) is 0 Å². The Morgan fingerprint density at radius 1 is 0.543 bits per heavy atom. The number of benzene rings is 7. The van der Waals surface area contributed by atoms with E-state index >= 15 is 19.2 Å². The number of nitrogens with two attached hydrogens (primary N) is 3.